The van der Waals surface area contributed by atoms with Crippen LogP contribution in [-0.4, -0.2) is 54.8 Å². The van der Waals surface area contributed by atoms with Crippen molar-refractivity contribution in [3.05, 3.63) is 40.7 Å². The molecule has 34 heavy (non-hydrogen) atoms. The first-order chi connectivity index (χ1) is 16.2. The van der Waals surface area contributed by atoms with Crippen molar-refractivity contribution in [1.29, 1.82) is 0 Å². The van der Waals surface area contributed by atoms with Crippen LogP contribution in [0.3, 0.4) is 0 Å². The van der Waals surface area contributed by atoms with Gasteiger partial charge < -0.3 is 5.32 Å². The summed E-state index contributed by atoms with van der Waals surface area (Å²) in [5, 5.41) is 7.09. The van der Waals surface area contributed by atoms with Crippen molar-refractivity contribution < 1.29 is 13.2 Å². The zero-order valence-electron chi connectivity index (χ0n) is 20.2. The fourth-order valence-corrected chi connectivity index (χ4v) is 6.91. The van der Waals surface area contributed by atoms with Crippen LogP contribution in [0.15, 0.2) is 18.5 Å². The van der Waals surface area contributed by atoms with Crippen molar-refractivity contribution in [3.63, 3.8) is 0 Å². The molecule has 2 heterocycles. The Morgan fingerprint density at radius 1 is 1.12 bits per heavy atom. The number of nitrogens with one attached hydrogen (secondary N) is 2. The second kappa shape index (κ2) is 8.88. The second-order valence-electron chi connectivity index (χ2n) is 9.94. The van der Waals surface area contributed by atoms with Gasteiger partial charge in [-0.15, -0.1) is 0 Å². The monoisotopic (exact) mass is 486 g/mol. The van der Waals surface area contributed by atoms with E-state index in [1.54, 1.807) is 17.9 Å². The number of likely N-dealkylation sites (N-methyl/N-ethyl adjacent to an activating group) is 1. The van der Waals surface area contributed by atoms with E-state index in [9.17, 15) is 13.2 Å². The van der Waals surface area contributed by atoms with E-state index in [2.05, 4.69) is 33.0 Å². The third kappa shape index (κ3) is 4.29. The topological polar surface area (TPSA) is 99.6 Å². The molecule has 2 unspecified atom stereocenters. The van der Waals surface area contributed by atoms with Gasteiger partial charge in [0.05, 0.1) is 18.4 Å². The van der Waals surface area contributed by atoms with Gasteiger partial charge in [0.1, 0.15) is 0 Å². The number of nitrogens with zero attached hydrogens (tertiary/aromatic N) is 4. The lowest BCUT2D eigenvalue weighted by Crippen LogP contribution is -2.50. The number of hydrogen-bond donors (Lipinski definition) is 2. The molecule has 5 rings (SSSR count). The maximum Gasteiger partial charge on any atom is 0.334 e. The number of benzene rings is 1. The molecule has 2 atom stereocenters. The van der Waals surface area contributed by atoms with Crippen LogP contribution in [0.5, 0.6) is 0 Å². The van der Waals surface area contributed by atoms with Crippen LogP contribution in [0.1, 0.15) is 54.9 Å². The maximum absolute atomic E-state index is 13.5. The molecule has 184 valence electrons. The molecular formula is C24H34N6O3S. The quantitative estimate of drug-likeness (QED) is 0.654. The van der Waals surface area contributed by atoms with Crippen LogP contribution in [0.25, 0.3) is 0 Å². The summed E-state index contributed by atoms with van der Waals surface area (Å²) in [6.45, 7) is 2.40. The molecule has 2 N–H and O–H groups in total. The lowest BCUT2D eigenvalue weighted by molar-refractivity contribution is 0.255. The van der Waals surface area contributed by atoms with E-state index in [0.29, 0.717) is 11.7 Å². The van der Waals surface area contributed by atoms with E-state index in [1.807, 2.05) is 7.05 Å². The van der Waals surface area contributed by atoms with Gasteiger partial charge in [-0.25, -0.2) is 13.8 Å². The number of urea groups is 1. The van der Waals surface area contributed by atoms with E-state index >= 15 is 0 Å². The fraction of sp³-hybridized carbons (Fsp3) is 0.583. The fourth-order valence-electron chi connectivity index (χ4n) is 5.77. The number of amides is 2. The highest BCUT2D eigenvalue weighted by Gasteiger charge is 2.34. The van der Waals surface area contributed by atoms with E-state index in [1.165, 1.54) is 32.8 Å². The molecule has 1 aromatic carbocycles. The summed E-state index contributed by atoms with van der Waals surface area (Å²) in [7, 11) is -0.381. The van der Waals surface area contributed by atoms with E-state index in [-0.39, 0.29) is 12.6 Å². The zero-order chi connectivity index (χ0) is 24.0. The standard InChI is InChI=1S/C24H34N6O3S/c1-16-10-11-19(29(16)3)15-30(20-13-25-28(2)14-20)34(32,33)27-24(31)26-23-21-8-4-6-17(21)12-18-7-5-9-22(18)23/h12-14,16,19H,4-11,15H2,1-3H3,(H2,26,27,31). The highest BCUT2D eigenvalue weighted by Crippen LogP contribution is 2.38. The smallest absolute Gasteiger partial charge is 0.307 e. The largest absolute Gasteiger partial charge is 0.334 e. The van der Waals surface area contributed by atoms with Crippen LogP contribution >= 0.6 is 0 Å². The Morgan fingerprint density at radius 2 is 1.79 bits per heavy atom. The summed E-state index contributed by atoms with van der Waals surface area (Å²) in [4.78, 5) is 15.3. The van der Waals surface area contributed by atoms with Crippen molar-refractivity contribution in [3.8, 4) is 0 Å². The molecule has 2 amide bonds. The predicted molar refractivity (Wildman–Crippen MR) is 132 cm³/mol. The first-order valence-corrected chi connectivity index (χ1v) is 13.7. The van der Waals surface area contributed by atoms with Crippen molar-refractivity contribution in [1.82, 2.24) is 19.4 Å². The SMILES string of the molecule is CC1CCC(CN(c2cnn(C)c2)S(=O)(=O)NC(=O)Nc2c3c(cc4c2CCC4)CCC3)N1C. The highest BCUT2D eigenvalue weighted by atomic mass is 32.2. The van der Waals surface area contributed by atoms with Gasteiger partial charge in [-0.2, -0.15) is 13.5 Å². The Bertz CT molecular complexity index is 1180. The van der Waals surface area contributed by atoms with Crippen molar-refractivity contribution in [2.24, 2.45) is 7.05 Å². The molecule has 2 aromatic rings. The van der Waals surface area contributed by atoms with Gasteiger partial charge in [0.15, 0.2) is 0 Å². The summed E-state index contributed by atoms with van der Waals surface area (Å²) in [6.07, 6.45) is 11.1. The number of hydrogen-bond acceptors (Lipinski definition) is 5. The van der Waals surface area contributed by atoms with E-state index in [4.69, 9.17) is 0 Å². The first kappa shape index (κ1) is 23.2. The lowest BCUT2D eigenvalue weighted by atomic mass is 9.99. The van der Waals surface area contributed by atoms with Gasteiger partial charge in [0, 0.05) is 31.0 Å². The van der Waals surface area contributed by atoms with Gasteiger partial charge >= 0.3 is 16.2 Å². The minimum Gasteiger partial charge on any atom is -0.307 e. The van der Waals surface area contributed by atoms with Crippen LogP contribution in [-0.2, 0) is 42.9 Å². The van der Waals surface area contributed by atoms with Crippen LogP contribution in [0.4, 0.5) is 16.2 Å². The number of fused-ring (bicyclic) bond motifs is 2. The maximum atomic E-state index is 13.5. The average Bonchev–Trinajstić information content (AvgIpc) is 3.56. The van der Waals surface area contributed by atoms with Gasteiger partial charge in [-0.1, -0.05) is 6.07 Å². The second-order valence-corrected chi connectivity index (χ2v) is 11.5. The molecule has 1 aromatic heterocycles. The van der Waals surface area contributed by atoms with Gasteiger partial charge in [-0.3, -0.25) is 9.58 Å². The zero-order valence-corrected chi connectivity index (χ0v) is 21.0. The molecule has 0 radical (unpaired) electrons. The van der Waals surface area contributed by atoms with Gasteiger partial charge in [-0.05, 0) is 87.6 Å². The summed E-state index contributed by atoms with van der Waals surface area (Å²) in [5.41, 5.74) is 6.17. The van der Waals surface area contributed by atoms with Gasteiger partial charge in [0.25, 0.3) is 0 Å². The molecule has 0 bridgehead atoms. The lowest BCUT2D eigenvalue weighted by Gasteiger charge is -2.30. The summed E-state index contributed by atoms with van der Waals surface area (Å²) in [5.74, 6) is 0. The number of likely N-dealkylation sites (tertiary alicyclic amines) is 1. The minimum atomic E-state index is -4.15. The number of aryl methyl sites for hydroxylation is 3. The van der Waals surface area contributed by atoms with Crippen LogP contribution < -0.4 is 14.3 Å². The van der Waals surface area contributed by atoms with E-state index in [0.717, 1.165) is 57.1 Å². The number of rotatable bonds is 6. The van der Waals surface area contributed by atoms with Crippen molar-refractivity contribution in [2.45, 2.75) is 70.4 Å². The molecule has 2 aliphatic carbocycles. The number of carbonyl (C=O) groups excluding carboxylic acids is 1. The average molecular weight is 487 g/mol. The highest BCUT2D eigenvalue weighted by molar-refractivity contribution is 7.91. The van der Waals surface area contributed by atoms with Crippen molar-refractivity contribution in [2.75, 3.05) is 23.2 Å². The molecule has 1 aliphatic heterocycles. The molecule has 1 saturated heterocycles. The molecule has 3 aliphatic rings. The van der Waals surface area contributed by atoms with Crippen LogP contribution in [0, 0.1) is 0 Å². The Labute approximate surface area is 201 Å². The van der Waals surface area contributed by atoms with Crippen molar-refractivity contribution >= 4 is 27.6 Å². The Hall–Kier alpha value is -2.59. The normalized spacial score (nSPS) is 22.0. The first-order valence-electron chi connectivity index (χ1n) is 12.2. The predicted octanol–water partition coefficient (Wildman–Crippen LogP) is 2.75. The summed E-state index contributed by atoms with van der Waals surface area (Å²) < 4.78 is 32.1. The number of anilines is 2. The molecule has 0 spiro atoms. The van der Waals surface area contributed by atoms with Crippen LogP contribution in [0.2, 0.25) is 0 Å². The Morgan fingerprint density at radius 3 is 2.35 bits per heavy atom. The minimum absolute atomic E-state index is 0.0653. The Kier molecular flexibility index (Phi) is 6.05. The molecule has 9 nitrogen and oxygen atoms in total. The molecule has 0 saturated carbocycles. The van der Waals surface area contributed by atoms with Gasteiger partial charge in [0.2, 0.25) is 0 Å². The third-order valence-corrected chi connectivity index (χ3v) is 9.15. The molecule has 1 fully saturated rings. The Balaban J connectivity index is 1.38. The number of aromatic nitrogens is 2. The molecule has 10 heteroatoms. The number of carbonyl (C=O) groups is 1. The third-order valence-electron chi connectivity index (χ3n) is 7.77. The summed E-state index contributed by atoms with van der Waals surface area (Å²) >= 11 is 0. The van der Waals surface area contributed by atoms with E-state index < -0.39 is 16.2 Å². The molecular weight excluding hydrogens is 452 g/mol. The summed E-state index contributed by atoms with van der Waals surface area (Å²) in [6, 6.07) is 2.03.